The lowest BCUT2D eigenvalue weighted by Crippen LogP contribution is -1.98. The molecule has 3 nitrogen and oxygen atoms in total. The summed E-state index contributed by atoms with van der Waals surface area (Å²) >= 11 is 8.75. The molecule has 78 valence electrons. The molecule has 0 aliphatic carbocycles. The lowest BCUT2D eigenvalue weighted by Gasteiger charge is -2.05. The summed E-state index contributed by atoms with van der Waals surface area (Å²) in [6, 6.07) is 4.78. The zero-order valence-electron chi connectivity index (χ0n) is 7.49. The highest BCUT2D eigenvalue weighted by Crippen LogP contribution is 2.19. The first-order valence-corrected chi connectivity index (χ1v) is 5.45. The molecule has 6 heteroatoms. The third kappa shape index (κ3) is 2.03. The Labute approximate surface area is 99.0 Å². The van der Waals surface area contributed by atoms with Crippen molar-refractivity contribution in [3.8, 4) is 5.69 Å². The monoisotopic (exact) mass is 289 g/mol. The fraction of sp³-hybridized carbons (Fsp3) is 0.111. The Morgan fingerprint density at radius 2 is 2.27 bits per heavy atom. The number of halogens is 3. The fourth-order valence-corrected chi connectivity index (χ4v) is 1.63. The van der Waals surface area contributed by atoms with Gasteiger partial charge in [-0.05, 0) is 34.1 Å². The van der Waals surface area contributed by atoms with Crippen LogP contribution >= 0.6 is 27.5 Å². The minimum Gasteiger partial charge on any atom is -0.284 e. The van der Waals surface area contributed by atoms with Crippen molar-refractivity contribution in [1.82, 2.24) is 14.8 Å². The average Bonchev–Trinajstić information content (AvgIpc) is 2.70. The maximum atomic E-state index is 13.3. The van der Waals surface area contributed by atoms with Gasteiger partial charge >= 0.3 is 0 Å². The molecular formula is C9H6BrClFN3. The van der Waals surface area contributed by atoms with Crippen LogP contribution in [0.3, 0.4) is 0 Å². The number of hydrogen-bond donors (Lipinski definition) is 0. The fourth-order valence-electron chi connectivity index (χ4n) is 1.20. The summed E-state index contributed by atoms with van der Waals surface area (Å²) in [5.41, 5.74) is 0.649. The molecule has 0 fully saturated rings. The van der Waals surface area contributed by atoms with Gasteiger partial charge in [-0.25, -0.2) is 4.39 Å². The SMILES string of the molecule is Fc1cc(-n2cnnc2CCl)ccc1Br. The molecule has 1 aromatic heterocycles. The summed E-state index contributed by atoms with van der Waals surface area (Å²) in [6.07, 6.45) is 1.50. The molecule has 0 bridgehead atoms. The number of nitrogens with zero attached hydrogens (tertiary/aromatic N) is 3. The van der Waals surface area contributed by atoms with E-state index in [4.69, 9.17) is 11.6 Å². The predicted octanol–water partition coefficient (Wildman–Crippen LogP) is 2.91. The van der Waals surface area contributed by atoms with E-state index in [-0.39, 0.29) is 11.7 Å². The topological polar surface area (TPSA) is 30.7 Å². The number of rotatable bonds is 2. The minimum atomic E-state index is -0.332. The maximum Gasteiger partial charge on any atom is 0.152 e. The van der Waals surface area contributed by atoms with Gasteiger partial charge in [-0.1, -0.05) is 0 Å². The lowest BCUT2D eigenvalue weighted by atomic mass is 10.3. The third-order valence-electron chi connectivity index (χ3n) is 1.92. The van der Waals surface area contributed by atoms with Gasteiger partial charge in [-0.3, -0.25) is 4.57 Å². The van der Waals surface area contributed by atoms with Gasteiger partial charge in [0.05, 0.1) is 16.0 Å². The Morgan fingerprint density at radius 1 is 1.47 bits per heavy atom. The van der Waals surface area contributed by atoms with Gasteiger partial charge < -0.3 is 0 Å². The van der Waals surface area contributed by atoms with Crippen LogP contribution in [0.25, 0.3) is 5.69 Å². The standard InChI is InChI=1S/C9H6BrClFN3/c10-7-2-1-6(3-8(7)12)15-5-13-14-9(15)4-11/h1-3,5H,4H2. The number of hydrogen-bond acceptors (Lipinski definition) is 2. The van der Waals surface area contributed by atoms with Gasteiger partial charge in [0.25, 0.3) is 0 Å². The van der Waals surface area contributed by atoms with Crippen molar-refractivity contribution in [2.75, 3.05) is 0 Å². The lowest BCUT2D eigenvalue weighted by molar-refractivity contribution is 0.619. The van der Waals surface area contributed by atoms with E-state index >= 15 is 0 Å². The van der Waals surface area contributed by atoms with Crippen LogP contribution in [0.2, 0.25) is 0 Å². The zero-order chi connectivity index (χ0) is 10.8. The van der Waals surface area contributed by atoms with E-state index in [9.17, 15) is 4.39 Å². The molecule has 0 radical (unpaired) electrons. The molecule has 0 unspecified atom stereocenters. The summed E-state index contributed by atoms with van der Waals surface area (Å²) in [6.45, 7) is 0. The van der Waals surface area contributed by atoms with E-state index < -0.39 is 0 Å². The Morgan fingerprint density at radius 3 is 2.93 bits per heavy atom. The second-order valence-corrected chi connectivity index (χ2v) is 3.97. The van der Waals surface area contributed by atoms with Gasteiger partial charge in [0.1, 0.15) is 12.1 Å². The van der Waals surface area contributed by atoms with Crippen molar-refractivity contribution in [1.29, 1.82) is 0 Å². The van der Waals surface area contributed by atoms with Gasteiger partial charge in [0.15, 0.2) is 5.82 Å². The summed E-state index contributed by atoms with van der Waals surface area (Å²) in [7, 11) is 0. The van der Waals surface area contributed by atoms with Crippen LogP contribution in [0.5, 0.6) is 0 Å². The van der Waals surface area contributed by atoms with Crippen LogP contribution in [0.15, 0.2) is 29.0 Å². The normalized spacial score (nSPS) is 10.6. The van der Waals surface area contributed by atoms with Crippen LogP contribution < -0.4 is 0 Å². The van der Waals surface area contributed by atoms with Gasteiger partial charge in [0, 0.05) is 0 Å². The molecule has 1 heterocycles. The molecule has 0 amide bonds. The van der Waals surface area contributed by atoms with Crippen molar-refractivity contribution < 1.29 is 4.39 Å². The van der Waals surface area contributed by atoms with Crippen molar-refractivity contribution in [2.45, 2.75) is 5.88 Å². The molecule has 0 atom stereocenters. The van der Waals surface area contributed by atoms with Crippen molar-refractivity contribution >= 4 is 27.5 Å². The molecule has 2 aromatic rings. The number of aromatic nitrogens is 3. The van der Waals surface area contributed by atoms with E-state index in [0.717, 1.165) is 0 Å². The minimum absolute atomic E-state index is 0.234. The summed E-state index contributed by atoms with van der Waals surface area (Å²) in [4.78, 5) is 0. The van der Waals surface area contributed by atoms with Crippen LogP contribution in [0, 0.1) is 5.82 Å². The largest absolute Gasteiger partial charge is 0.284 e. The molecule has 0 spiro atoms. The van der Waals surface area contributed by atoms with Crippen LogP contribution in [0.1, 0.15) is 5.82 Å². The highest BCUT2D eigenvalue weighted by atomic mass is 79.9. The molecule has 2 rings (SSSR count). The highest BCUT2D eigenvalue weighted by molar-refractivity contribution is 9.10. The first-order valence-electron chi connectivity index (χ1n) is 4.12. The van der Waals surface area contributed by atoms with Gasteiger partial charge in [0.2, 0.25) is 0 Å². The summed E-state index contributed by atoms with van der Waals surface area (Å²) in [5, 5.41) is 7.53. The Kier molecular flexibility index (Phi) is 3.02. The summed E-state index contributed by atoms with van der Waals surface area (Å²) < 4.78 is 15.3. The van der Waals surface area contributed by atoms with Crippen molar-refractivity contribution in [3.63, 3.8) is 0 Å². The first kappa shape index (κ1) is 10.6. The maximum absolute atomic E-state index is 13.3. The third-order valence-corrected chi connectivity index (χ3v) is 2.80. The molecule has 0 aliphatic rings. The van der Waals surface area contributed by atoms with E-state index in [0.29, 0.717) is 16.0 Å². The molecular weight excluding hydrogens is 284 g/mol. The highest BCUT2D eigenvalue weighted by Gasteiger charge is 2.07. The first-order chi connectivity index (χ1) is 7.22. The van der Waals surface area contributed by atoms with Crippen LogP contribution in [-0.4, -0.2) is 14.8 Å². The van der Waals surface area contributed by atoms with E-state index in [2.05, 4.69) is 26.1 Å². The average molecular weight is 291 g/mol. The smallest absolute Gasteiger partial charge is 0.152 e. The zero-order valence-corrected chi connectivity index (χ0v) is 9.83. The molecule has 0 N–H and O–H groups in total. The van der Waals surface area contributed by atoms with E-state index in [1.54, 1.807) is 16.7 Å². The van der Waals surface area contributed by atoms with E-state index in [1.807, 2.05) is 0 Å². The van der Waals surface area contributed by atoms with Gasteiger partial charge in [-0.2, -0.15) is 0 Å². The van der Waals surface area contributed by atoms with E-state index in [1.165, 1.54) is 12.4 Å². The Bertz CT molecular complexity index is 486. The second kappa shape index (κ2) is 4.28. The Hall–Kier alpha value is -0.940. The summed E-state index contributed by atoms with van der Waals surface area (Å²) in [5.74, 6) is 0.484. The number of alkyl halides is 1. The molecule has 15 heavy (non-hydrogen) atoms. The molecule has 1 aromatic carbocycles. The predicted molar refractivity (Wildman–Crippen MR) is 58.6 cm³/mol. The van der Waals surface area contributed by atoms with Crippen LogP contribution in [-0.2, 0) is 5.88 Å². The second-order valence-electron chi connectivity index (χ2n) is 2.85. The number of benzene rings is 1. The molecule has 0 saturated carbocycles. The molecule has 0 saturated heterocycles. The Balaban J connectivity index is 2.50. The van der Waals surface area contributed by atoms with Gasteiger partial charge in [-0.15, -0.1) is 21.8 Å². The van der Waals surface area contributed by atoms with Crippen LogP contribution in [0.4, 0.5) is 4.39 Å². The molecule has 0 aliphatic heterocycles. The van der Waals surface area contributed by atoms with Crippen molar-refractivity contribution in [3.05, 3.63) is 40.6 Å². The van der Waals surface area contributed by atoms with Crippen molar-refractivity contribution in [2.24, 2.45) is 0 Å². The quantitative estimate of drug-likeness (QED) is 0.796.